The molecule has 0 unspecified atom stereocenters. The van der Waals surface area contributed by atoms with Crippen LogP contribution in [0.25, 0.3) is 0 Å². The van der Waals surface area contributed by atoms with Crippen LogP contribution in [0.1, 0.15) is 34.0 Å². The minimum absolute atomic E-state index is 0.149. The van der Waals surface area contributed by atoms with Crippen LogP contribution in [0, 0.1) is 6.92 Å². The van der Waals surface area contributed by atoms with Crippen molar-refractivity contribution in [2.45, 2.75) is 26.2 Å². The minimum Gasteiger partial charge on any atom is -0.295 e. The molecule has 0 saturated carbocycles. The molecular weight excluding hydrogens is 250 g/mol. The van der Waals surface area contributed by atoms with E-state index in [2.05, 4.69) is 19.8 Å². The number of nitrogens with zero attached hydrogens (tertiary/aromatic N) is 4. The van der Waals surface area contributed by atoms with Gasteiger partial charge in [0.1, 0.15) is 11.5 Å². The summed E-state index contributed by atoms with van der Waals surface area (Å²) >= 11 is 1.19. The van der Waals surface area contributed by atoms with Crippen molar-refractivity contribution in [3.63, 3.8) is 0 Å². The summed E-state index contributed by atoms with van der Waals surface area (Å²) in [6, 6.07) is 0. The lowest BCUT2D eigenvalue weighted by atomic mass is 10.2. The zero-order valence-corrected chi connectivity index (χ0v) is 11.0. The SMILES string of the molecule is Cc1nsc(NC(=O)c2c3c(nn2C)CCC3)n1. The maximum Gasteiger partial charge on any atom is 0.276 e. The molecule has 2 aromatic heterocycles. The average Bonchev–Trinajstić information content (AvgIpc) is 2.94. The third-order valence-corrected chi connectivity index (χ3v) is 3.75. The van der Waals surface area contributed by atoms with Crippen LogP contribution in [-0.4, -0.2) is 25.0 Å². The molecule has 18 heavy (non-hydrogen) atoms. The minimum atomic E-state index is -0.149. The van der Waals surface area contributed by atoms with Crippen LogP contribution >= 0.6 is 11.5 Å². The Bertz CT molecular complexity index is 615. The summed E-state index contributed by atoms with van der Waals surface area (Å²) in [5, 5.41) is 7.70. The molecule has 0 radical (unpaired) electrons. The summed E-state index contributed by atoms with van der Waals surface area (Å²) in [5.74, 6) is 0.523. The highest BCUT2D eigenvalue weighted by molar-refractivity contribution is 7.09. The van der Waals surface area contributed by atoms with Gasteiger partial charge in [-0.1, -0.05) is 0 Å². The molecule has 0 fully saturated rings. The first-order chi connectivity index (χ1) is 8.65. The Morgan fingerprint density at radius 2 is 2.28 bits per heavy atom. The van der Waals surface area contributed by atoms with Crippen molar-refractivity contribution >= 4 is 22.6 Å². The number of carbonyl (C=O) groups excluding carboxylic acids is 1. The number of fused-ring (bicyclic) bond motifs is 1. The van der Waals surface area contributed by atoms with E-state index in [1.165, 1.54) is 11.5 Å². The van der Waals surface area contributed by atoms with Gasteiger partial charge in [-0.3, -0.25) is 14.8 Å². The largest absolute Gasteiger partial charge is 0.295 e. The zero-order valence-electron chi connectivity index (χ0n) is 10.2. The molecule has 0 aromatic carbocycles. The molecule has 0 atom stereocenters. The van der Waals surface area contributed by atoms with E-state index in [4.69, 9.17) is 0 Å². The Hall–Kier alpha value is -1.76. The molecule has 6 nitrogen and oxygen atoms in total. The Labute approximate surface area is 108 Å². The molecule has 2 heterocycles. The van der Waals surface area contributed by atoms with E-state index in [1.807, 2.05) is 0 Å². The van der Waals surface area contributed by atoms with Crippen LogP contribution in [-0.2, 0) is 19.9 Å². The maximum atomic E-state index is 12.2. The van der Waals surface area contributed by atoms with Crippen molar-refractivity contribution in [3.8, 4) is 0 Å². The quantitative estimate of drug-likeness (QED) is 0.887. The van der Waals surface area contributed by atoms with Gasteiger partial charge in [0.05, 0.1) is 5.69 Å². The molecule has 0 saturated heterocycles. The summed E-state index contributed by atoms with van der Waals surface area (Å²) < 4.78 is 5.70. The lowest BCUT2D eigenvalue weighted by Crippen LogP contribution is -2.17. The molecule has 1 amide bonds. The normalized spacial score (nSPS) is 13.7. The first-order valence-electron chi connectivity index (χ1n) is 5.81. The van der Waals surface area contributed by atoms with E-state index in [0.717, 1.165) is 30.5 Å². The van der Waals surface area contributed by atoms with Crippen LogP contribution in [0.15, 0.2) is 0 Å². The van der Waals surface area contributed by atoms with Crippen LogP contribution in [0.5, 0.6) is 0 Å². The predicted octanol–water partition coefficient (Wildman–Crippen LogP) is 1.32. The van der Waals surface area contributed by atoms with Crippen LogP contribution in [0.4, 0.5) is 5.13 Å². The summed E-state index contributed by atoms with van der Waals surface area (Å²) in [6.45, 7) is 1.80. The highest BCUT2D eigenvalue weighted by atomic mass is 32.1. The Morgan fingerprint density at radius 1 is 1.44 bits per heavy atom. The molecule has 0 spiro atoms. The number of aromatic nitrogens is 4. The molecule has 1 aliphatic carbocycles. The first-order valence-corrected chi connectivity index (χ1v) is 6.59. The molecule has 1 N–H and O–H groups in total. The van der Waals surface area contributed by atoms with E-state index in [1.54, 1.807) is 18.7 Å². The number of hydrogen-bond donors (Lipinski definition) is 1. The van der Waals surface area contributed by atoms with Gasteiger partial charge < -0.3 is 0 Å². The van der Waals surface area contributed by atoms with Gasteiger partial charge in [0.25, 0.3) is 5.91 Å². The molecule has 2 aromatic rings. The molecule has 3 rings (SSSR count). The number of anilines is 1. The highest BCUT2D eigenvalue weighted by Crippen LogP contribution is 2.25. The van der Waals surface area contributed by atoms with E-state index in [9.17, 15) is 4.79 Å². The highest BCUT2D eigenvalue weighted by Gasteiger charge is 2.25. The predicted molar refractivity (Wildman–Crippen MR) is 67.8 cm³/mol. The standard InChI is InChI=1S/C11H13N5OS/c1-6-12-11(18-15-6)13-10(17)9-7-4-3-5-8(7)14-16(9)2/h3-5H2,1-2H3,(H,12,13,15,17). The number of hydrogen-bond acceptors (Lipinski definition) is 5. The number of carbonyl (C=O) groups is 1. The monoisotopic (exact) mass is 263 g/mol. The van der Waals surface area contributed by atoms with E-state index in [0.29, 0.717) is 16.6 Å². The van der Waals surface area contributed by atoms with Crippen LogP contribution in [0.3, 0.4) is 0 Å². The summed E-state index contributed by atoms with van der Waals surface area (Å²) in [7, 11) is 1.80. The van der Waals surface area contributed by atoms with Crippen molar-refractivity contribution in [3.05, 3.63) is 22.8 Å². The second kappa shape index (κ2) is 4.16. The van der Waals surface area contributed by atoms with E-state index in [-0.39, 0.29) is 5.91 Å². The van der Waals surface area contributed by atoms with Crippen molar-refractivity contribution in [1.82, 2.24) is 19.1 Å². The van der Waals surface area contributed by atoms with Crippen LogP contribution < -0.4 is 5.32 Å². The molecule has 0 bridgehead atoms. The topological polar surface area (TPSA) is 72.7 Å². The van der Waals surface area contributed by atoms with Gasteiger partial charge in [-0.25, -0.2) is 4.98 Å². The number of aryl methyl sites for hydroxylation is 3. The lowest BCUT2D eigenvalue weighted by Gasteiger charge is -2.03. The third-order valence-electron chi connectivity index (χ3n) is 3.03. The van der Waals surface area contributed by atoms with Gasteiger partial charge in [0, 0.05) is 24.1 Å². The van der Waals surface area contributed by atoms with Crippen molar-refractivity contribution in [2.24, 2.45) is 7.05 Å². The van der Waals surface area contributed by atoms with Gasteiger partial charge in [-0.2, -0.15) is 9.47 Å². The number of amides is 1. The summed E-state index contributed by atoms with van der Waals surface area (Å²) in [6.07, 6.45) is 2.98. The molecule has 7 heteroatoms. The van der Waals surface area contributed by atoms with Gasteiger partial charge in [0.15, 0.2) is 0 Å². The second-order valence-electron chi connectivity index (χ2n) is 4.35. The summed E-state index contributed by atoms with van der Waals surface area (Å²) in [4.78, 5) is 16.4. The Morgan fingerprint density at radius 3 is 3.00 bits per heavy atom. The third kappa shape index (κ3) is 1.80. The fourth-order valence-electron chi connectivity index (χ4n) is 2.31. The molecule has 0 aliphatic heterocycles. The van der Waals surface area contributed by atoms with Gasteiger partial charge >= 0.3 is 0 Å². The van der Waals surface area contributed by atoms with Crippen molar-refractivity contribution in [1.29, 1.82) is 0 Å². The average molecular weight is 263 g/mol. The maximum absolute atomic E-state index is 12.2. The van der Waals surface area contributed by atoms with Gasteiger partial charge in [0.2, 0.25) is 5.13 Å². The number of nitrogens with one attached hydrogen (secondary N) is 1. The van der Waals surface area contributed by atoms with E-state index >= 15 is 0 Å². The fraction of sp³-hybridized carbons (Fsp3) is 0.455. The summed E-state index contributed by atoms with van der Waals surface area (Å²) in [5.41, 5.74) is 2.78. The number of rotatable bonds is 2. The van der Waals surface area contributed by atoms with Crippen molar-refractivity contribution < 1.29 is 4.79 Å². The molecule has 94 valence electrons. The van der Waals surface area contributed by atoms with Crippen LogP contribution in [0.2, 0.25) is 0 Å². The smallest absolute Gasteiger partial charge is 0.276 e. The first kappa shape index (κ1) is 11.3. The van der Waals surface area contributed by atoms with Gasteiger partial charge in [-0.15, -0.1) is 0 Å². The Kier molecular flexibility index (Phi) is 2.62. The van der Waals surface area contributed by atoms with Crippen molar-refractivity contribution in [2.75, 3.05) is 5.32 Å². The van der Waals surface area contributed by atoms with E-state index < -0.39 is 0 Å². The molecule has 1 aliphatic rings. The zero-order chi connectivity index (χ0) is 12.7. The molecular formula is C11H13N5OS. The fourth-order valence-corrected chi connectivity index (χ4v) is 2.88. The lowest BCUT2D eigenvalue weighted by molar-refractivity contribution is 0.101. The van der Waals surface area contributed by atoms with Gasteiger partial charge in [-0.05, 0) is 26.2 Å². The Balaban J connectivity index is 1.89. The second-order valence-corrected chi connectivity index (χ2v) is 5.10.